The van der Waals surface area contributed by atoms with Crippen molar-refractivity contribution >= 4 is 11.5 Å². The summed E-state index contributed by atoms with van der Waals surface area (Å²) in [7, 11) is 1.96. The van der Waals surface area contributed by atoms with Gasteiger partial charge in [0.15, 0.2) is 0 Å². The van der Waals surface area contributed by atoms with Gasteiger partial charge in [0.25, 0.3) is 0 Å². The molecule has 0 radical (unpaired) electrons. The summed E-state index contributed by atoms with van der Waals surface area (Å²) in [4.78, 5) is 2.54. The number of nitrogen functional groups attached to an aromatic ring is 1. The fourth-order valence-electron chi connectivity index (χ4n) is 2.97. The van der Waals surface area contributed by atoms with Gasteiger partial charge in [-0.25, -0.2) is 0 Å². The van der Waals surface area contributed by atoms with E-state index in [2.05, 4.69) is 36.1 Å². The second-order valence-corrected chi connectivity index (χ2v) is 6.33. The molecule has 1 aliphatic heterocycles. The highest BCUT2D eigenvalue weighted by Gasteiger charge is 2.19. The Hall–Kier alpha value is -1.23. The molecule has 2 rings (SSSR count). The SMILES string of the molecule is CC(CN1CCCCC1)Nc1c(N)c(C(C)C)nn1C. The zero-order valence-electron chi connectivity index (χ0n) is 13.3. The standard InChI is InChI=1S/C15H29N5/c1-11(2)14-13(16)15(19(4)18-14)17-12(3)10-20-8-6-5-7-9-20/h11-12,17H,5-10,16H2,1-4H3. The predicted molar refractivity (Wildman–Crippen MR) is 85.1 cm³/mol. The smallest absolute Gasteiger partial charge is 0.148 e. The molecule has 0 amide bonds. The molecule has 2 heterocycles. The van der Waals surface area contributed by atoms with E-state index >= 15 is 0 Å². The Morgan fingerprint density at radius 1 is 1.20 bits per heavy atom. The van der Waals surface area contributed by atoms with Crippen LogP contribution in [0.3, 0.4) is 0 Å². The van der Waals surface area contributed by atoms with Gasteiger partial charge in [-0.05, 0) is 38.8 Å². The minimum absolute atomic E-state index is 0.356. The monoisotopic (exact) mass is 279 g/mol. The molecule has 1 saturated heterocycles. The molecule has 1 unspecified atom stereocenters. The molecule has 1 aromatic rings. The van der Waals surface area contributed by atoms with Gasteiger partial charge in [-0.15, -0.1) is 0 Å². The van der Waals surface area contributed by atoms with Crippen LogP contribution in [0.4, 0.5) is 11.5 Å². The first kappa shape index (κ1) is 15.2. The van der Waals surface area contributed by atoms with E-state index in [0.29, 0.717) is 12.0 Å². The van der Waals surface area contributed by atoms with E-state index < -0.39 is 0 Å². The lowest BCUT2D eigenvalue weighted by Gasteiger charge is -2.29. The number of likely N-dealkylation sites (tertiary alicyclic amines) is 1. The number of hydrogen-bond donors (Lipinski definition) is 2. The van der Waals surface area contributed by atoms with Crippen molar-refractivity contribution in [3.05, 3.63) is 5.69 Å². The maximum absolute atomic E-state index is 6.23. The molecule has 0 spiro atoms. The first-order chi connectivity index (χ1) is 9.49. The minimum atomic E-state index is 0.356. The normalized spacial score (nSPS) is 18.4. The van der Waals surface area contributed by atoms with Gasteiger partial charge in [-0.3, -0.25) is 4.68 Å². The molecule has 5 nitrogen and oxygen atoms in total. The number of nitrogens with zero attached hydrogens (tertiary/aromatic N) is 3. The molecule has 1 fully saturated rings. The molecule has 0 aliphatic carbocycles. The summed E-state index contributed by atoms with van der Waals surface area (Å²) < 4.78 is 1.87. The number of rotatable bonds is 5. The lowest BCUT2D eigenvalue weighted by Crippen LogP contribution is -2.38. The largest absolute Gasteiger partial charge is 0.394 e. The topological polar surface area (TPSA) is 59.1 Å². The van der Waals surface area contributed by atoms with Gasteiger partial charge in [-0.2, -0.15) is 5.10 Å². The van der Waals surface area contributed by atoms with Crippen LogP contribution in [0, 0.1) is 0 Å². The van der Waals surface area contributed by atoms with Crippen LogP contribution >= 0.6 is 0 Å². The Morgan fingerprint density at radius 2 is 1.85 bits per heavy atom. The van der Waals surface area contributed by atoms with Crippen molar-refractivity contribution in [1.29, 1.82) is 0 Å². The van der Waals surface area contributed by atoms with Crippen LogP contribution in [0.1, 0.15) is 51.6 Å². The van der Waals surface area contributed by atoms with Gasteiger partial charge >= 0.3 is 0 Å². The number of nitrogens with two attached hydrogens (primary N) is 1. The molecule has 0 aromatic carbocycles. The van der Waals surface area contributed by atoms with Crippen molar-refractivity contribution in [2.45, 2.75) is 52.0 Å². The van der Waals surface area contributed by atoms with Crippen LogP contribution < -0.4 is 11.1 Å². The van der Waals surface area contributed by atoms with Crippen LogP contribution in [0.15, 0.2) is 0 Å². The number of anilines is 2. The van der Waals surface area contributed by atoms with Crippen molar-refractivity contribution in [3.8, 4) is 0 Å². The summed E-state index contributed by atoms with van der Waals surface area (Å²) in [6, 6.07) is 0.380. The molecule has 5 heteroatoms. The third-order valence-corrected chi connectivity index (χ3v) is 4.02. The van der Waals surface area contributed by atoms with E-state index in [9.17, 15) is 0 Å². The summed E-state index contributed by atoms with van der Waals surface area (Å²) >= 11 is 0. The fourth-order valence-corrected chi connectivity index (χ4v) is 2.97. The Bertz CT molecular complexity index is 432. The first-order valence-corrected chi connectivity index (χ1v) is 7.80. The van der Waals surface area contributed by atoms with Gasteiger partial charge in [0.2, 0.25) is 0 Å². The molecule has 3 N–H and O–H groups in total. The molecule has 20 heavy (non-hydrogen) atoms. The van der Waals surface area contributed by atoms with Crippen molar-refractivity contribution in [1.82, 2.24) is 14.7 Å². The lowest BCUT2D eigenvalue weighted by atomic mass is 10.1. The van der Waals surface area contributed by atoms with Gasteiger partial charge in [-0.1, -0.05) is 20.3 Å². The number of hydrogen-bond acceptors (Lipinski definition) is 4. The summed E-state index contributed by atoms with van der Waals surface area (Å²) in [6.07, 6.45) is 4.04. The highest BCUT2D eigenvalue weighted by Crippen LogP contribution is 2.28. The van der Waals surface area contributed by atoms with Crippen molar-refractivity contribution in [3.63, 3.8) is 0 Å². The van der Waals surface area contributed by atoms with E-state index in [1.807, 2.05) is 11.7 Å². The second kappa shape index (κ2) is 6.48. The molecular formula is C15H29N5. The minimum Gasteiger partial charge on any atom is -0.394 e. The zero-order valence-corrected chi connectivity index (χ0v) is 13.3. The van der Waals surface area contributed by atoms with Crippen molar-refractivity contribution < 1.29 is 0 Å². The Labute approximate surface area is 122 Å². The van der Waals surface area contributed by atoms with E-state index in [-0.39, 0.29) is 0 Å². The number of aryl methyl sites for hydroxylation is 1. The van der Waals surface area contributed by atoms with Crippen molar-refractivity contribution in [2.75, 3.05) is 30.7 Å². The van der Waals surface area contributed by atoms with Gasteiger partial charge < -0.3 is 16.0 Å². The highest BCUT2D eigenvalue weighted by atomic mass is 15.3. The molecule has 1 aromatic heterocycles. The molecule has 114 valence electrons. The molecule has 1 atom stereocenters. The Balaban J connectivity index is 1.98. The van der Waals surface area contributed by atoms with E-state index in [4.69, 9.17) is 5.73 Å². The number of aromatic nitrogens is 2. The summed E-state index contributed by atoms with van der Waals surface area (Å²) in [6.45, 7) is 9.99. The Kier molecular flexibility index (Phi) is 4.91. The zero-order chi connectivity index (χ0) is 14.7. The number of piperidine rings is 1. The fraction of sp³-hybridized carbons (Fsp3) is 0.800. The lowest BCUT2D eigenvalue weighted by molar-refractivity contribution is 0.223. The second-order valence-electron chi connectivity index (χ2n) is 6.33. The predicted octanol–water partition coefficient (Wildman–Crippen LogP) is 2.41. The third-order valence-electron chi connectivity index (χ3n) is 4.02. The maximum Gasteiger partial charge on any atom is 0.148 e. The van der Waals surface area contributed by atoms with Crippen LogP contribution in [0.2, 0.25) is 0 Å². The van der Waals surface area contributed by atoms with Crippen LogP contribution in [-0.4, -0.2) is 40.4 Å². The third kappa shape index (κ3) is 3.45. The quantitative estimate of drug-likeness (QED) is 0.869. The van der Waals surface area contributed by atoms with Gasteiger partial charge in [0, 0.05) is 19.6 Å². The Morgan fingerprint density at radius 3 is 2.40 bits per heavy atom. The van der Waals surface area contributed by atoms with Gasteiger partial charge in [0.1, 0.15) is 5.82 Å². The van der Waals surface area contributed by atoms with Crippen LogP contribution in [0.5, 0.6) is 0 Å². The number of nitrogens with one attached hydrogen (secondary N) is 1. The van der Waals surface area contributed by atoms with Crippen LogP contribution in [-0.2, 0) is 7.05 Å². The van der Waals surface area contributed by atoms with E-state index in [0.717, 1.165) is 23.7 Å². The summed E-state index contributed by atoms with van der Waals surface area (Å²) in [5.41, 5.74) is 8.01. The summed E-state index contributed by atoms with van der Waals surface area (Å²) in [5, 5.41) is 8.06. The maximum atomic E-state index is 6.23. The van der Waals surface area contributed by atoms with Crippen molar-refractivity contribution in [2.24, 2.45) is 7.05 Å². The molecular weight excluding hydrogens is 250 g/mol. The van der Waals surface area contributed by atoms with Gasteiger partial charge in [0.05, 0.1) is 11.4 Å². The van der Waals surface area contributed by atoms with E-state index in [1.165, 1.54) is 32.4 Å². The molecule has 1 aliphatic rings. The summed E-state index contributed by atoms with van der Waals surface area (Å²) in [5.74, 6) is 1.31. The highest BCUT2D eigenvalue weighted by molar-refractivity contribution is 5.66. The molecule has 0 bridgehead atoms. The van der Waals surface area contributed by atoms with Crippen LogP contribution in [0.25, 0.3) is 0 Å². The van der Waals surface area contributed by atoms with E-state index in [1.54, 1.807) is 0 Å². The average Bonchev–Trinajstić information content (AvgIpc) is 2.68. The molecule has 0 saturated carbocycles. The first-order valence-electron chi connectivity index (χ1n) is 7.80. The average molecular weight is 279 g/mol.